The van der Waals surface area contributed by atoms with Gasteiger partial charge >= 0.3 is 0 Å². The molecule has 0 radical (unpaired) electrons. The Morgan fingerprint density at radius 1 is 1.00 bits per heavy atom. The number of hydrogen-bond acceptors (Lipinski definition) is 2. The lowest BCUT2D eigenvalue weighted by atomic mass is 10.0. The molecule has 0 atom stereocenters. The molecule has 0 saturated carbocycles. The molecule has 1 aromatic heterocycles. The monoisotopic (exact) mass is 343 g/mol. The third-order valence-corrected chi connectivity index (χ3v) is 4.58. The van der Waals surface area contributed by atoms with Gasteiger partial charge in [-0.05, 0) is 34.9 Å². The van der Waals surface area contributed by atoms with Crippen LogP contribution in [0.25, 0.3) is 21.8 Å². The lowest BCUT2D eigenvalue weighted by Crippen LogP contribution is -2.18. The third-order valence-electron chi connectivity index (χ3n) is 4.58. The predicted octanol–water partition coefficient (Wildman–Crippen LogP) is 4.78. The summed E-state index contributed by atoms with van der Waals surface area (Å²) in [6.07, 6.45) is 1.31. The first-order valence-corrected chi connectivity index (χ1v) is 8.98. The van der Waals surface area contributed by atoms with Gasteiger partial charge in [0.25, 0.3) is 0 Å². The number of amides is 1. The highest BCUT2D eigenvalue weighted by molar-refractivity contribution is 5.96. The van der Waals surface area contributed by atoms with Crippen molar-refractivity contribution in [1.29, 1.82) is 0 Å². The Morgan fingerprint density at radius 3 is 2.65 bits per heavy atom. The SMILES string of the molecule is CCCn1c(NC(=O)Cc2cccc3ccccc23)nc2ccccc21. The van der Waals surface area contributed by atoms with Crippen LogP contribution in [0.15, 0.2) is 66.7 Å². The van der Waals surface area contributed by atoms with E-state index in [0.29, 0.717) is 12.4 Å². The van der Waals surface area contributed by atoms with Gasteiger partial charge in [-0.3, -0.25) is 10.1 Å². The zero-order valence-electron chi connectivity index (χ0n) is 14.8. The zero-order valence-corrected chi connectivity index (χ0v) is 14.8. The van der Waals surface area contributed by atoms with Crippen molar-refractivity contribution in [2.45, 2.75) is 26.3 Å². The summed E-state index contributed by atoms with van der Waals surface area (Å²) >= 11 is 0. The minimum atomic E-state index is -0.0472. The van der Waals surface area contributed by atoms with E-state index in [1.54, 1.807) is 0 Å². The van der Waals surface area contributed by atoms with Gasteiger partial charge in [-0.25, -0.2) is 4.98 Å². The first-order chi connectivity index (χ1) is 12.8. The third kappa shape index (κ3) is 3.06. The molecule has 0 spiro atoms. The van der Waals surface area contributed by atoms with E-state index in [1.807, 2.05) is 48.5 Å². The van der Waals surface area contributed by atoms with Gasteiger partial charge in [0.2, 0.25) is 11.9 Å². The molecule has 0 bridgehead atoms. The molecule has 130 valence electrons. The van der Waals surface area contributed by atoms with Gasteiger partial charge in [-0.2, -0.15) is 0 Å². The zero-order chi connectivity index (χ0) is 17.9. The minimum Gasteiger partial charge on any atom is -0.310 e. The van der Waals surface area contributed by atoms with Gasteiger partial charge in [-0.15, -0.1) is 0 Å². The Labute approximate surface area is 152 Å². The topological polar surface area (TPSA) is 46.9 Å². The summed E-state index contributed by atoms with van der Waals surface area (Å²) in [6.45, 7) is 2.95. The maximum Gasteiger partial charge on any atom is 0.231 e. The normalized spacial score (nSPS) is 11.1. The summed E-state index contributed by atoms with van der Waals surface area (Å²) in [7, 11) is 0. The molecule has 1 N–H and O–H groups in total. The fraction of sp³-hybridized carbons (Fsp3) is 0.182. The molecule has 0 aliphatic carbocycles. The number of hydrogen-bond donors (Lipinski definition) is 1. The van der Waals surface area contributed by atoms with E-state index in [0.717, 1.165) is 40.3 Å². The molecule has 26 heavy (non-hydrogen) atoms. The van der Waals surface area contributed by atoms with Crippen molar-refractivity contribution >= 4 is 33.7 Å². The van der Waals surface area contributed by atoms with Gasteiger partial charge in [-0.1, -0.05) is 61.5 Å². The van der Waals surface area contributed by atoms with E-state index in [9.17, 15) is 4.79 Å². The van der Waals surface area contributed by atoms with E-state index in [2.05, 4.69) is 40.0 Å². The van der Waals surface area contributed by atoms with Gasteiger partial charge in [0.1, 0.15) is 0 Å². The minimum absolute atomic E-state index is 0.0472. The number of imidazole rings is 1. The number of carbonyl (C=O) groups excluding carboxylic acids is 1. The van der Waals surface area contributed by atoms with Crippen LogP contribution in [0.1, 0.15) is 18.9 Å². The van der Waals surface area contributed by atoms with Crippen molar-refractivity contribution in [3.05, 3.63) is 72.3 Å². The molecule has 0 unspecified atom stereocenters. The number of carbonyl (C=O) groups is 1. The maximum atomic E-state index is 12.7. The summed E-state index contributed by atoms with van der Waals surface area (Å²) < 4.78 is 2.08. The van der Waals surface area contributed by atoms with Crippen LogP contribution in [-0.4, -0.2) is 15.5 Å². The van der Waals surface area contributed by atoms with Crippen molar-refractivity contribution in [3.63, 3.8) is 0 Å². The van der Waals surface area contributed by atoms with Crippen molar-refractivity contribution in [2.24, 2.45) is 0 Å². The second-order valence-corrected chi connectivity index (χ2v) is 6.44. The summed E-state index contributed by atoms with van der Waals surface area (Å²) in [4.78, 5) is 17.3. The van der Waals surface area contributed by atoms with Crippen LogP contribution in [0.4, 0.5) is 5.95 Å². The molecule has 1 heterocycles. The molecule has 3 aromatic carbocycles. The fourth-order valence-electron chi connectivity index (χ4n) is 3.41. The fourth-order valence-corrected chi connectivity index (χ4v) is 3.41. The van der Waals surface area contributed by atoms with Crippen LogP contribution >= 0.6 is 0 Å². The van der Waals surface area contributed by atoms with Gasteiger partial charge in [0.15, 0.2) is 0 Å². The van der Waals surface area contributed by atoms with Crippen molar-refractivity contribution in [2.75, 3.05) is 5.32 Å². The molecular formula is C22H21N3O. The van der Waals surface area contributed by atoms with Crippen molar-refractivity contribution in [3.8, 4) is 0 Å². The summed E-state index contributed by atoms with van der Waals surface area (Å²) in [6, 6.07) is 22.2. The highest BCUT2D eigenvalue weighted by Crippen LogP contribution is 2.22. The molecule has 0 fully saturated rings. The Hall–Kier alpha value is -3.14. The number of rotatable bonds is 5. The second-order valence-electron chi connectivity index (χ2n) is 6.44. The number of para-hydroxylation sites is 2. The van der Waals surface area contributed by atoms with Crippen molar-refractivity contribution < 1.29 is 4.79 Å². The van der Waals surface area contributed by atoms with Crippen LogP contribution < -0.4 is 5.32 Å². The van der Waals surface area contributed by atoms with Crippen LogP contribution in [0, 0.1) is 0 Å². The largest absolute Gasteiger partial charge is 0.310 e. The number of fused-ring (bicyclic) bond motifs is 2. The molecule has 0 aliphatic heterocycles. The molecule has 4 rings (SSSR count). The van der Waals surface area contributed by atoms with E-state index in [-0.39, 0.29) is 5.91 Å². The van der Waals surface area contributed by atoms with Gasteiger partial charge in [0, 0.05) is 6.54 Å². The average molecular weight is 343 g/mol. The summed E-state index contributed by atoms with van der Waals surface area (Å²) in [5, 5.41) is 5.28. The van der Waals surface area contributed by atoms with E-state index < -0.39 is 0 Å². The van der Waals surface area contributed by atoms with E-state index in [1.165, 1.54) is 0 Å². The van der Waals surface area contributed by atoms with Crippen LogP contribution in [-0.2, 0) is 17.8 Å². The highest BCUT2D eigenvalue weighted by atomic mass is 16.1. The lowest BCUT2D eigenvalue weighted by molar-refractivity contribution is -0.115. The number of aromatic nitrogens is 2. The first kappa shape index (κ1) is 16.3. The Balaban J connectivity index is 1.62. The second kappa shape index (κ2) is 7.00. The number of nitrogens with zero attached hydrogens (tertiary/aromatic N) is 2. The van der Waals surface area contributed by atoms with Crippen molar-refractivity contribution in [1.82, 2.24) is 9.55 Å². The Bertz CT molecular complexity index is 1080. The lowest BCUT2D eigenvalue weighted by Gasteiger charge is -2.10. The average Bonchev–Trinajstić information content (AvgIpc) is 3.00. The standard InChI is InChI=1S/C22H21N3O/c1-2-14-25-20-13-6-5-12-19(20)23-22(25)24-21(26)15-17-10-7-9-16-8-3-4-11-18(16)17/h3-13H,2,14-15H2,1H3,(H,23,24,26). The van der Waals surface area contributed by atoms with Gasteiger partial charge in [0.05, 0.1) is 17.5 Å². The van der Waals surface area contributed by atoms with E-state index >= 15 is 0 Å². The van der Waals surface area contributed by atoms with E-state index in [4.69, 9.17) is 0 Å². The predicted molar refractivity (Wildman–Crippen MR) is 106 cm³/mol. The van der Waals surface area contributed by atoms with Gasteiger partial charge < -0.3 is 4.57 Å². The number of benzene rings is 3. The molecule has 4 nitrogen and oxygen atoms in total. The molecule has 4 aromatic rings. The van der Waals surface area contributed by atoms with Crippen LogP contribution in [0.5, 0.6) is 0 Å². The molecule has 1 amide bonds. The van der Waals surface area contributed by atoms with Crippen LogP contribution in [0.2, 0.25) is 0 Å². The number of anilines is 1. The molecule has 4 heteroatoms. The highest BCUT2D eigenvalue weighted by Gasteiger charge is 2.13. The number of aryl methyl sites for hydroxylation is 1. The number of nitrogens with one attached hydrogen (secondary N) is 1. The Morgan fingerprint density at radius 2 is 1.77 bits per heavy atom. The quantitative estimate of drug-likeness (QED) is 0.567. The smallest absolute Gasteiger partial charge is 0.231 e. The first-order valence-electron chi connectivity index (χ1n) is 8.98. The molecular weight excluding hydrogens is 322 g/mol. The summed E-state index contributed by atoms with van der Waals surface area (Å²) in [5.41, 5.74) is 2.98. The Kier molecular flexibility index (Phi) is 4.40. The van der Waals surface area contributed by atoms with Crippen LogP contribution in [0.3, 0.4) is 0 Å². The maximum absolute atomic E-state index is 12.7. The summed E-state index contributed by atoms with van der Waals surface area (Å²) in [5.74, 6) is 0.576. The molecule has 0 saturated heterocycles. The molecule has 0 aliphatic rings.